The first-order valence-electron chi connectivity index (χ1n) is 11.8. The molecule has 2 aromatic rings. The second-order valence-electron chi connectivity index (χ2n) is 8.05. The van der Waals surface area contributed by atoms with E-state index in [1.807, 2.05) is 60.7 Å². The summed E-state index contributed by atoms with van der Waals surface area (Å²) in [5.41, 5.74) is 1.26. The Labute approximate surface area is 207 Å². The van der Waals surface area contributed by atoms with E-state index < -0.39 is 17.4 Å². The molecule has 0 spiro atoms. The fraction of sp³-hybridized carbons (Fsp3) is 0.481. The van der Waals surface area contributed by atoms with Gasteiger partial charge in [0.2, 0.25) is 0 Å². The quantitative estimate of drug-likeness (QED) is 0.294. The lowest BCUT2D eigenvalue weighted by atomic mass is 9.92. The molecule has 0 bridgehead atoms. The molecule has 0 unspecified atom stereocenters. The van der Waals surface area contributed by atoms with Crippen LogP contribution in [0, 0.1) is 5.41 Å². The average Bonchev–Trinajstić information content (AvgIpc) is 2.86. The largest absolute Gasteiger partial charge is 0.464 e. The molecule has 192 valence electrons. The first kappa shape index (κ1) is 28.5. The van der Waals surface area contributed by atoms with Gasteiger partial charge in [0.1, 0.15) is 13.2 Å². The third-order valence-corrected chi connectivity index (χ3v) is 4.91. The molecule has 0 aliphatic heterocycles. The van der Waals surface area contributed by atoms with E-state index in [0.29, 0.717) is 13.2 Å². The summed E-state index contributed by atoms with van der Waals surface area (Å²) in [6.07, 6.45) is 0. The number of rotatable bonds is 18. The Hall–Kier alpha value is -2.78. The zero-order valence-electron chi connectivity index (χ0n) is 20.6. The van der Waals surface area contributed by atoms with Gasteiger partial charge in [0, 0.05) is 0 Å². The fourth-order valence-corrected chi connectivity index (χ4v) is 3.28. The van der Waals surface area contributed by atoms with Gasteiger partial charge in [0.25, 0.3) is 0 Å². The van der Waals surface area contributed by atoms with Crippen LogP contribution in [-0.4, -0.2) is 64.8 Å². The van der Waals surface area contributed by atoms with Crippen molar-refractivity contribution in [1.29, 1.82) is 0 Å². The molecular weight excluding hydrogens is 452 g/mol. The van der Waals surface area contributed by atoms with Crippen LogP contribution in [0.15, 0.2) is 60.7 Å². The van der Waals surface area contributed by atoms with Crippen LogP contribution in [0.4, 0.5) is 0 Å². The first-order chi connectivity index (χ1) is 17.1. The van der Waals surface area contributed by atoms with Gasteiger partial charge in [-0.05, 0) is 25.0 Å². The zero-order chi connectivity index (χ0) is 25.2. The van der Waals surface area contributed by atoms with Gasteiger partial charge in [-0.3, -0.25) is 0 Å². The second kappa shape index (κ2) is 16.8. The zero-order valence-corrected chi connectivity index (χ0v) is 20.6. The van der Waals surface area contributed by atoms with Crippen molar-refractivity contribution in [2.45, 2.75) is 27.1 Å². The highest BCUT2D eigenvalue weighted by Crippen LogP contribution is 2.22. The highest BCUT2D eigenvalue weighted by Gasteiger charge is 2.33. The maximum atomic E-state index is 11.8. The smallest absolute Gasteiger partial charge is 0.332 e. The van der Waals surface area contributed by atoms with Gasteiger partial charge in [0.05, 0.1) is 58.3 Å². The Kier molecular flexibility index (Phi) is 13.6. The van der Waals surface area contributed by atoms with Crippen molar-refractivity contribution in [3.8, 4) is 0 Å². The summed E-state index contributed by atoms with van der Waals surface area (Å²) >= 11 is 0. The first-order valence-corrected chi connectivity index (χ1v) is 11.8. The number of carbonyl (C=O) groups is 2. The lowest BCUT2D eigenvalue weighted by molar-refractivity contribution is -0.158. The summed E-state index contributed by atoms with van der Waals surface area (Å²) in [7, 11) is 0. The summed E-state index contributed by atoms with van der Waals surface area (Å²) in [6, 6.07) is 19.6. The van der Waals surface area contributed by atoms with Crippen LogP contribution < -0.4 is 0 Å². The molecule has 0 aromatic heterocycles. The molecule has 0 aliphatic rings. The molecule has 8 heteroatoms. The Morgan fingerprint density at radius 3 is 1.34 bits per heavy atom. The lowest BCUT2D eigenvalue weighted by Crippen LogP contribution is -2.42. The van der Waals surface area contributed by atoms with Gasteiger partial charge < -0.3 is 28.4 Å². The average molecular weight is 489 g/mol. The van der Waals surface area contributed by atoms with Gasteiger partial charge in [-0.1, -0.05) is 60.7 Å². The Balaban J connectivity index is 2.07. The van der Waals surface area contributed by atoms with Gasteiger partial charge >= 0.3 is 11.9 Å². The topological polar surface area (TPSA) is 89.5 Å². The predicted molar refractivity (Wildman–Crippen MR) is 130 cm³/mol. The standard InChI is InChI=1S/C27H36O8/c1-3-34-25(28)17-32-21-27(22-33-18-26(29)35-4-2,19-30-15-23-11-7-5-8-12-23)20-31-16-24-13-9-6-10-14-24/h5-14H,3-4,15-22H2,1-2H3. The fourth-order valence-electron chi connectivity index (χ4n) is 3.28. The van der Waals surface area contributed by atoms with Crippen LogP contribution in [0.5, 0.6) is 0 Å². The highest BCUT2D eigenvalue weighted by atomic mass is 16.6. The van der Waals surface area contributed by atoms with Gasteiger partial charge in [-0.2, -0.15) is 0 Å². The molecule has 8 nitrogen and oxygen atoms in total. The van der Waals surface area contributed by atoms with Crippen molar-refractivity contribution in [2.24, 2.45) is 5.41 Å². The van der Waals surface area contributed by atoms with Crippen molar-refractivity contribution < 1.29 is 38.0 Å². The van der Waals surface area contributed by atoms with Crippen molar-refractivity contribution in [3.05, 3.63) is 71.8 Å². The van der Waals surface area contributed by atoms with E-state index in [1.54, 1.807) is 13.8 Å². The van der Waals surface area contributed by atoms with Crippen molar-refractivity contribution >= 4 is 11.9 Å². The summed E-state index contributed by atoms with van der Waals surface area (Å²) in [4.78, 5) is 23.6. The molecule has 35 heavy (non-hydrogen) atoms. The van der Waals surface area contributed by atoms with E-state index in [1.165, 1.54) is 0 Å². The van der Waals surface area contributed by atoms with Gasteiger partial charge in [-0.15, -0.1) is 0 Å². The Bertz CT molecular complexity index is 769. The lowest BCUT2D eigenvalue weighted by Gasteiger charge is -2.32. The molecule has 0 fully saturated rings. The van der Waals surface area contributed by atoms with Gasteiger partial charge in [0.15, 0.2) is 0 Å². The maximum absolute atomic E-state index is 11.8. The Morgan fingerprint density at radius 1 is 0.600 bits per heavy atom. The number of carbonyl (C=O) groups excluding carboxylic acids is 2. The summed E-state index contributed by atoms with van der Waals surface area (Å²) < 4.78 is 33.3. The van der Waals surface area contributed by atoms with Crippen LogP contribution >= 0.6 is 0 Å². The van der Waals surface area contributed by atoms with Gasteiger partial charge in [-0.25, -0.2) is 9.59 Å². The number of hydrogen-bond donors (Lipinski definition) is 0. The van der Waals surface area contributed by atoms with E-state index in [-0.39, 0.29) is 52.9 Å². The molecule has 0 aliphatic carbocycles. The molecule has 0 heterocycles. The third-order valence-electron chi connectivity index (χ3n) is 4.91. The SMILES string of the molecule is CCOC(=O)COCC(COCC(=O)OCC)(COCc1ccccc1)COCc1ccccc1. The minimum Gasteiger partial charge on any atom is -0.464 e. The van der Waals surface area contributed by atoms with Crippen molar-refractivity contribution in [3.63, 3.8) is 0 Å². The van der Waals surface area contributed by atoms with Crippen LogP contribution in [-0.2, 0) is 51.2 Å². The van der Waals surface area contributed by atoms with Crippen molar-refractivity contribution in [2.75, 3.05) is 52.9 Å². The summed E-state index contributed by atoms with van der Waals surface area (Å²) in [5.74, 6) is -0.909. The highest BCUT2D eigenvalue weighted by molar-refractivity contribution is 5.70. The summed E-state index contributed by atoms with van der Waals surface area (Å²) in [5, 5.41) is 0. The van der Waals surface area contributed by atoms with Crippen LogP contribution in [0.25, 0.3) is 0 Å². The minimum atomic E-state index is -0.775. The second-order valence-corrected chi connectivity index (χ2v) is 8.05. The third kappa shape index (κ3) is 12.0. The normalized spacial score (nSPS) is 11.3. The molecular formula is C27H36O8. The van der Waals surface area contributed by atoms with E-state index in [9.17, 15) is 9.59 Å². The van der Waals surface area contributed by atoms with Crippen LogP contribution in [0.2, 0.25) is 0 Å². The van der Waals surface area contributed by atoms with Crippen molar-refractivity contribution in [1.82, 2.24) is 0 Å². The van der Waals surface area contributed by atoms with E-state index in [0.717, 1.165) is 11.1 Å². The maximum Gasteiger partial charge on any atom is 0.332 e. The van der Waals surface area contributed by atoms with Crippen LogP contribution in [0.3, 0.4) is 0 Å². The van der Waals surface area contributed by atoms with Crippen LogP contribution in [0.1, 0.15) is 25.0 Å². The number of ether oxygens (including phenoxy) is 6. The minimum absolute atomic E-state index is 0.109. The molecule has 0 saturated heterocycles. The monoisotopic (exact) mass is 488 g/mol. The van der Waals surface area contributed by atoms with E-state index >= 15 is 0 Å². The van der Waals surface area contributed by atoms with E-state index in [4.69, 9.17) is 28.4 Å². The summed E-state index contributed by atoms with van der Waals surface area (Å²) in [6.45, 7) is 5.05. The van der Waals surface area contributed by atoms with E-state index in [2.05, 4.69) is 0 Å². The Morgan fingerprint density at radius 2 is 0.971 bits per heavy atom. The molecule has 0 saturated carbocycles. The number of hydrogen-bond acceptors (Lipinski definition) is 8. The molecule has 0 atom stereocenters. The number of benzene rings is 2. The molecule has 0 amide bonds. The number of esters is 2. The molecule has 0 N–H and O–H groups in total. The molecule has 2 aromatic carbocycles. The predicted octanol–water partition coefficient (Wildman–Crippen LogP) is 3.57. The molecule has 0 radical (unpaired) electrons. The molecule has 2 rings (SSSR count).